The third-order valence-electron chi connectivity index (χ3n) is 5.26. The van der Waals surface area contributed by atoms with Gasteiger partial charge in [0.05, 0.1) is 6.10 Å². The van der Waals surface area contributed by atoms with Crippen LogP contribution in [0.2, 0.25) is 0 Å². The number of hydrogen-bond acceptors (Lipinski definition) is 1. The molecule has 5 atom stereocenters. The number of aliphatic hydroxyl groups excluding tert-OH is 1. The van der Waals surface area contributed by atoms with E-state index in [0.29, 0.717) is 23.2 Å². The Bertz CT molecular complexity index is 283. The van der Waals surface area contributed by atoms with Crippen molar-refractivity contribution in [1.29, 1.82) is 0 Å². The fourth-order valence-corrected chi connectivity index (χ4v) is 4.35. The molecule has 0 radical (unpaired) electrons. The topological polar surface area (TPSA) is 20.2 Å². The predicted octanol–water partition coefficient (Wildman–Crippen LogP) is 3.78. The fourth-order valence-electron chi connectivity index (χ4n) is 4.35. The molecule has 92 valence electrons. The fraction of sp³-hybridized carbons (Fsp3) is 0.867. The molecule has 0 bridgehead atoms. The molecule has 2 rings (SSSR count). The highest BCUT2D eigenvalue weighted by Crippen LogP contribution is 2.54. The van der Waals surface area contributed by atoms with Crippen LogP contribution in [-0.4, -0.2) is 11.2 Å². The van der Waals surface area contributed by atoms with Crippen LogP contribution in [0.3, 0.4) is 0 Å². The lowest BCUT2D eigenvalue weighted by molar-refractivity contribution is -0.0934. The van der Waals surface area contributed by atoms with Crippen LogP contribution in [0, 0.1) is 23.2 Å². The lowest BCUT2D eigenvalue weighted by Crippen LogP contribution is -2.50. The Labute approximate surface area is 99.9 Å². The summed E-state index contributed by atoms with van der Waals surface area (Å²) in [4.78, 5) is 0. The Morgan fingerprint density at radius 3 is 2.62 bits per heavy atom. The first kappa shape index (κ1) is 12.2. The van der Waals surface area contributed by atoms with E-state index in [1.54, 1.807) is 0 Å². The van der Waals surface area contributed by atoms with Crippen LogP contribution in [0.1, 0.15) is 52.9 Å². The molecule has 2 saturated carbocycles. The Kier molecular flexibility index (Phi) is 3.18. The molecule has 0 aromatic carbocycles. The smallest absolute Gasteiger partial charge is 0.0641 e. The van der Waals surface area contributed by atoms with Gasteiger partial charge < -0.3 is 5.11 Å². The van der Waals surface area contributed by atoms with E-state index in [1.807, 2.05) is 0 Å². The van der Waals surface area contributed by atoms with E-state index in [-0.39, 0.29) is 6.10 Å². The van der Waals surface area contributed by atoms with E-state index >= 15 is 0 Å². The highest BCUT2D eigenvalue weighted by atomic mass is 16.3. The van der Waals surface area contributed by atoms with Crippen LogP contribution in [0.5, 0.6) is 0 Å². The summed E-state index contributed by atoms with van der Waals surface area (Å²) in [6.07, 6.45) is 6.21. The molecule has 0 aliphatic heterocycles. The van der Waals surface area contributed by atoms with Gasteiger partial charge in [-0.25, -0.2) is 0 Å². The molecule has 1 heteroatoms. The second kappa shape index (κ2) is 4.18. The quantitative estimate of drug-likeness (QED) is 0.669. The first-order valence-corrected chi connectivity index (χ1v) is 6.79. The third kappa shape index (κ3) is 1.84. The third-order valence-corrected chi connectivity index (χ3v) is 5.26. The van der Waals surface area contributed by atoms with Crippen molar-refractivity contribution in [2.45, 2.75) is 59.0 Å². The molecule has 0 amide bonds. The largest absolute Gasteiger partial charge is 0.392 e. The summed E-state index contributed by atoms with van der Waals surface area (Å²) in [5.41, 5.74) is 1.57. The summed E-state index contributed by atoms with van der Waals surface area (Å²) in [5, 5.41) is 10.6. The molecule has 2 fully saturated rings. The summed E-state index contributed by atoms with van der Waals surface area (Å²) in [6, 6.07) is 0. The average molecular weight is 222 g/mol. The van der Waals surface area contributed by atoms with E-state index in [9.17, 15) is 5.11 Å². The Hall–Kier alpha value is -0.300. The standard InChI is InChI=1S/C15H26O/c1-10(2)12-7-9-15(4)8-5-6-11(3)13(15)14(12)16/h11-14,16H,1,5-9H2,2-4H3/t11?,12?,13?,14-,15?/m1/s1. The maximum Gasteiger partial charge on any atom is 0.0641 e. The summed E-state index contributed by atoms with van der Waals surface area (Å²) >= 11 is 0. The molecule has 2 aliphatic rings. The molecule has 4 unspecified atom stereocenters. The van der Waals surface area contributed by atoms with Crippen molar-refractivity contribution in [2.75, 3.05) is 0 Å². The molecule has 0 heterocycles. The summed E-state index contributed by atoms with van der Waals surface area (Å²) in [7, 11) is 0. The van der Waals surface area contributed by atoms with Gasteiger partial charge in [-0.2, -0.15) is 0 Å². The first-order valence-electron chi connectivity index (χ1n) is 6.79. The maximum absolute atomic E-state index is 10.6. The van der Waals surface area contributed by atoms with Crippen molar-refractivity contribution in [3.63, 3.8) is 0 Å². The second-order valence-corrected chi connectivity index (χ2v) is 6.53. The van der Waals surface area contributed by atoms with Gasteiger partial charge in [-0.15, -0.1) is 0 Å². The van der Waals surface area contributed by atoms with E-state index in [1.165, 1.54) is 31.3 Å². The maximum atomic E-state index is 10.6. The minimum Gasteiger partial charge on any atom is -0.392 e. The van der Waals surface area contributed by atoms with Crippen LogP contribution in [0.25, 0.3) is 0 Å². The zero-order chi connectivity index (χ0) is 11.9. The molecule has 0 saturated heterocycles. The molecule has 0 aromatic rings. The van der Waals surface area contributed by atoms with Gasteiger partial charge in [0.2, 0.25) is 0 Å². The van der Waals surface area contributed by atoms with Gasteiger partial charge in [-0.05, 0) is 43.4 Å². The van der Waals surface area contributed by atoms with E-state index in [0.717, 1.165) is 6.42 Å². The van der Waals surface area contributed by atoms with E-state index in [2.05, 4.69) is 27.4 Å². The van der Waals surface area contributed by atoms with Gasteiger partial charge in [0, 0.05) is 5.92 Å². The van der Waals surface area contributed by atoms with Crippen LogP contribution >= 0.6 is 0 Å². The van der Waals surface area contributed by atoms with E-state index < -0.39 is 0 Å². The van der Waals surface area contributed by atoms with Gasteiger partial charge in [-0.1, -0.05) is 38.8 Å². The molecular formula is C15H26O. The minimum atomic E-state index is -0.147. The zero-order valence-electron chi connectivity index (χ0n) is 11.0. The highest BCUT2D eigenvalue weighted by Gasteiger charge is 2.49. The molecule has 1 nitrogen and oxygen atoms in total. The van der Waals surface area contributed by atoms with Crippen LogP contribution in [0.4, 0.5) is 0 Å². The van der Waals surface area contributed by atoms with Crippen molar-refractivity contribution in [2.24, 2.45) is 23.2 Å². The zero-order valence-corrected chi connectivity index (χ0v) is 11.0. The second-order valence-electron chi connectivity index (χ2n) is 6.53. The predicted molar refractivity (Wildman–Crippen MR) is 68.2 cm³/mol. The van der Waals surface area contributed by atoms with Gasteiger partial charge in [0.25, 0.3) is 0 Å². The Balaban J connectivity index is 2.23. The summed E-state index contributed by atoms with van der Waals surface area (Å²) in [5.74, 6) is 1.52. The summed E-state index contributed by atoms with van der Waals surface area (Å²) < 4.78 is 0. The summed E-state index contributed by atoms with van der Waals surface area (Å²) in [6.45, 7) is 10.8. The normalized spacial score (nSPS) is 48.5. The van der Waals surface area contributed by atoms with Crippen molar-refractivity contribution in [3.05, 3.63) is 12.2 Å². The van der Waals surface area contributed by atoms with Crippen LogP contribution in [-0.2, 0) is 0 Å². The van der Waals surface area contributed by atoms with Crippen molar-refractivity contribution in [1.82, 2.24) is 0 Å². The lowest BCUT2D eigenvalue weighted by atomic mass is 9.53. The SMILES string of the molecule is C=C(C)C1CCC2(C)CCCC(C)C2[C@@H]1O. The lowest BCUT2D eigenvalue weighted by Gasteiger charge is -2.53. The molecular weight excluding hydrogens is 196 g/mol. The Morgan fingerprint density at radius 1 is 1.31 bits per heavy atom. The van der Waals surface area contributed by atoms with Gasteiger partial charge in [0.1, 0.15) is 0 Å². The molecule has 2 aliphatic carbocycles. The number of hydrogen-bond donors (Lipinski definition) is 1. The number of rotatable bonds is 1. The highest BCUT2D eigenvalue weighted by molar-refractivity contribution is 5.08. The van der Waals surface area contributed by atoms with Crippen LogP contribution in [0.15, 0.2) is 12.2 Å². The van der Waals surface area contributed by atoms with Crippen LogP contribution < -0.4 is 0 Å². The van der Waals surface area contributed by atoms with Crippen molar-refractivity contribution in [3.8, 4) is 0 Å². The van der Waals surface area contributed by atoms with Crippen molar-refractivity contribution >= 4 is 0 Å². The Morgan fingerprint density at radius 2 is 2.00 bits per heavy atom. The number of aliphatic hydroxyl groups is 1. The monoisotopic (exact) mass is 222 g/mol. The molecule has 16 heavy (non-hydrogen) atoms. The van der Waals surface area contributed by atoms with Gasteiger partial charge >= 0.3 is 0 Å². The first-order chi connectivity index (χ1) is 7.46. The molecule has 1 N–H and O–H groups in total. The number of fused-ring (bicyclic) bond motifs is 1. The van der Waals surface area contributed by atoms with Gasteiger partial charge in [-0.3, -0.25) is 0 Å². The molecule has 0 spiro atoms. The van der Waals surface area contributed by atoms with Gasteiger partial charge in [0.15, 0.2) is 0 Å². The van der Waals surface area contributed by atoms with E-state index in [4.69, 9.17) is 0 Å². The minimum absolute atomic E-state index is 0.147. The molecule has 0 aromatic heterocycles. The van der Waals surface area contributed by atoms with Crippen molar-refractivity contribution < 1.29 is 5.11 Å². The average Bonchev–Trinajstić information content (AvgIpc) is 2.16.